The molecule has 1 heterocycles. The maximum atomic E-state index is 12.6. The van der Waals surface area contributed by atoms with Gasteiger partial charge in [-0.2, -0.15) is 0 Å². The maximum absolute atomic E-state index is 12.6. The average Bonchev–Trinajstić information content (AvgIpc) is 3.25. The third-order valence-corrected chi connectivity index (χ3v) is 4.88. The van der Waals surface area contributed by atoms with E-state index in [4.69, 9.17) is 9.15 Å². The van der Waals surface area contributed by atoms with Gasteiger partial charge < -0.3 is 19.6 Å². The first-order valence-corrected chi connectivity index (χ1v) is 9.14. The fraction of sp³-hybridized carbons (Fsp3) is 0.550. The van der Waals surface area contributed by atoms with Gasteiger partial charge in [0.05, 0.1) is 18.8 Å². The van der Waals surface area contributed by atoms with E-state index in [2.05, 4.69) is 5.32 Å². The summed E-state index contributed by atoms with van der Waals surface area (Å²) >= 11 is 0. The maximum Gasteiger partial charge on any atom is 0.287 e. The predicted octanol–water partition coefficient (Wildman–Crippen LogP) is 3.64. The number of nitrogens with one attached hydrogen (secondary N) is 1. The number of furan rings is 1. The topological polar surface area (TPSA) is 71.7 Å². The van der Waals surface area contributed by atoms with Gasteiger partial charge in [-0.05, 0) is 38.7 Å². The summed E-state index contributed by atoms with van der Waals surface area (Å²) in [7, 11) is 0. The minimum atomic E-state index is -0.494. The molecule has 5 heteroatoms. The molecule has 1 atom stereocenters. The molecule has 25 heavy (non-hydrogen) atoms. The van der Waals surface area contributed by atoms with Crippen LogP contribution in [0.5, 0.6) is 0 Å². The van der Waals surface area contributed by atoms with Gasteiger partial charge in [0.25, 0.3) is 5.91 Å². The van der Waals surface area contributed by atoms with Gasteiger partial charge in [0.15, 0.2) is 5.76 Å². The molecule has 0 radical (unpaired) electrons. The molecule has 136 valence electrons. The second-order valence-corrected chi connectivity index (χ2v) is 7.09. The van der Waals surface area contributed by atoms with E-state index >= 15 is 0 Å². The third kappa shape index (κ3) is 4.22. The van der Waals surface area contributed by atoms with Crippen LogP contribution in [0.3, 0.4) is 0 Å². The highest BCUT2D eigenvalue weighted by Crippen LogP contribution is 2.28. The molecule has 0 bridgehead atoms. The number of fused-ring (bicyclic) bond motifs is 1. The highest BCUT2D eigenvalue weighted by molar-refractivity contribution is 5.99. The van der Waals surface area contributed by atoms with Crippen LogP contribution in [0.2, 0.25) is 0 Å². The van der Waals surface area contributed by atoms with E-state index in [1.54, 1.807) is 0 Å². The number of hydrogen-bond acceptors (Lipinski definition) is 4. The standard InChI is InChI=1S/C20H27NO4/c1-13(2)24-12-16-15-9-5-6-10-18(15)25-19(16)20(23)21-11-17(22)14-7-3-4-8-14/h5-6,9-10,13-14,17,22H,3-4,7-8,11-12H2,1-2H3,(H,21,23). The van der Waals surface area contributed by atoms with Crippen LogP contribution in [0.4, 0.5) is 0 Å². The van der Waals surface area contributed by atoms with Crippen molar-refractivity contribution >= 4 is 16.9 Å². The fourth-order valence-corrected chi connectivity index (χ4v) is 3.46. The van der Waals surface area contributed by atoms with Crippen LogP contribution in [0.25, 0.3) is 11.0 Å². The molecule has 1 aliphatic rings. The molecule has 1 aromatic heterocycles. The van der Waals surface area contributed by atoms with E-state index in [-0.39, 0.29) is 24.3 Å². The van der Waals surface area contributed by atoms with Gasteiger partial charge in [-0.3, -0.25) is 4.79 Å². The lowest BCUT2D eigenvalue weighted by Gasteiger charge is -2.17. The lowest BCUT2D eigenvalue weighted by atomic mass is 10.0. The number of rotatable bonds is 7. The number of carbonyl (C=O) groups excluding carboxylic acids is 1. The van der Waals surface area contributed by atoms with Crippen molar-refractivity contribution in [2.75, 3.05) is 6.54 Å². The van der Waals surface area contributed by atoms with Crippen molar-refractivity contribution in [1.82, 2.24) is 5.32 Å². The Morgan fingerprint density at radius 3 is 2.76 bits per heavy atom. The van der Waals surface area contributed by atoms with Crippen molar-refractivity contribution < 1.29 is 19.1 Å². The zero-order valence-corrected chi connectivity index (χ0v) is 15.0. The molecule has 3 rings (SSSR count). The Morgan fingerprint density at radius 1 is 1.32 bits per heavy atom. The summed E-state index contributed by atoms with van der Waals surface area (Å²) in [6.45, 7) is 4.49. The molecule has 1 fully saturated rings. The van der Waals surface area contributed by atoms with E-state index in [0.29, 0.717) is 18.1 Å². The Balaban J connectivity index is 1.74. The van der Waals surface area contributed by atoms with E-state index in [1.807, 2.05) is 38.1 Å². The Hall–Kier alpha value is -1.85. The van der Waals surface area contributed by atoms with Crippen molar-refractivity contribution in [3.8, 4) is 0 Å². The van der Waals surface area contributed by atoms with E-state index in [0.717, 1.165) is 36.6 Å². The minimum absolute atomic E-state index is 0.0637. The molecule has 1 aromatic carbocycles. The first-order chi connectivity index (χ1) is 12.1. The van der Waals surface area contributed by atoms with Crippen molar-refractivity contribution in [2.45, 2.75) is 58.3 Å². The van der Waals surface area contributed by atoms with Crippen molar-refractivity contribution in [3.63, 3.8) is 0 Å². The number of hydrogen-bond donors (Lipinski definition) is 2. The lowest BCUT2D eigenvalue weighted by molar-refractivity contribution is 0.0638. The van der Waals surface area contributed by atoms with Gasteiger partial charge in [0.2, 0.25) is 0 Å². The van der Waals surface area contributed by atoms with E-state index in [9.17, 15) is 9.90 Å². The van der Waals surface area contributed by atoms with Crippen molar-refractivity contribution in [1.29, 1.82) is 0 Å². The molecule has 0 aliphatic heterocycles. The summed E-state index contributed by atoms with van der Waals surface area (Å²) in [5.41, 5.74) is 1.43. The summed E-state index contributed by atoms with van der Waals surface area (Å²) in [4.78, 5) is 12.6. The number of ether oxygens (including phenoxy) is 1. The van der Waals surface area contributed by atoms with Gasteiger partial charge in [-0.15, -0.1) is 0 Å². The average molecular weight is 345 g/mol. The van der Waals surface area contributed by atoms with E-state index < -0.39 is 6.10 Å². The predicted molar refractivity (Wildman–Crippen MR) is 96.4 cm³/mol. The molecule has 2 N–H and O–H groups in total. The molecule has 1 aliphatic carbocycles. The molecule has 1 saturated carbocycles. The SMILES string of the molecule is CC(C)OCc1c(C(=O)NCC(O)C2CCCC2)oc2ccccc12. The van der Waals surface area contributed by atoms with Crippen LogP contribution in [0, 0.1) is 5.92 Å². The van der Waals surface area contributed by atoms with Gasteiger partial charge in [-0.1, -0.05) is 31.0 Å². The van der Waals surface area contributed by atoms with Gasteiger partial charge in [-0.25, -0.2) is 0 Å². The summed E-state index contributed by atoms with van der Waals surface area (Å²) in [6, 6.07) is 7.58. The Labute approximate surface area is 148 Å². The fourth-order valence-electron chi connectivity index (χ4n) is 3.46. The Kier molecular flexibility index (Phi) is 5.76. The number of carbonyl (C=O) groups is 1. The third-order valence-electron chi connectivity index (χ3n) is 4.88. The molecule has 0 saturated heterocycles. The Bertz CT molecular complexity index is 716. The summed E-state index contributed by atoms with van der Waals surface area (Å²) in [6.07, 6.45) is 3.97. The molecule has 2 aromatic rings. The number of amides is 1. The zero-order chi connectivity index (χ0) is 17.8. The first kappa shape index (κ1) is 18.0. The summed E-state index contributed by atoms with van der Waals surface area (Å²) < 4.78 is 11.5. The van der Waals surface area contributed by atoms with Gasteiger partial charge in [0.1, 0.15) is 5.58 Å². The quantitative estimate of drug-likeness (QED) is 0.804. The highest BCUT2D eigenvalue weighted by Gasteiger charge is 2.25. The van der Waals surface area contributed by atoms with Crippen LogP contribution < -0.4 is 5.32 Å². The second kappa shape index (κ2) is 8.02. The highest BCUT2D eigenvalue weighted by atomic mass is 16.5. The monoisotopic (exact) mass is 345 g/mol. The second-order valence-electron chi connectivity index (χ2n) is 7.09. The minimum Gasteiger partial charge on any atom is -0.451 e. The van der Waals surface area contributed by atoms with Gasteiger partial charge in [0, 0.05) is 17.5 Å². The molecule has 1 amide bonds. The normalized spacial score (nSPS) is 16.6. The molecular formula is C20H27NO4. The van der Waals surface area contributed by atoms with E-state index in [1.165, 1.54) is 0 Å². The van der Waals surface area contributed by atoms with Crippen molar-refractivity contribution in [3.05, 3.63) is 35.6 Å². The molecule has 0 spiro atoms. The number of aliphatic hydroxyl groups is 1. The molecule has 5 nitrogen and oxygen atoms in total. The lowest BCUT2D eigenvalue weighted by Crippen LogP contribution is -2.35. The number of para-hydroxylation sites is 1. The van der Waals surface area contributed by atoms with Crippen LogP contribution in [-0.2, 0) is 11.3 Å². The van der Waals surface area contributed by atoms with Crippen molar-refractivity contribution in [2.24, 2.45) is 5.92 Å². The van der Waals surface area contributed by atoms with Crippen LogP contribution in [-0.4, -0.2) is 29.8 Å². The first-order valence-electron chi connectivity index (χ1n) is 9.14. The summed E-state index contributed by atoms with van der Waals surface area (Å²) in [5, 5.41) is 14.0. The number of benzene rings is 1. The number of aliphatic hydroxyl groups excluding tert-OH is 1. The van der Waals surface area contributed by atoms with Crippen LogP contribution in [0.15, 0.2) is 28.7 Å². The Morgan fingerprint density at radius 2 is 2.04 bits per heavy atom. The zero-order valence-electron chi connectivity index (χ0n) is 15.0. The van der Waals surface area contributed by atoms with Gasteiger partial charge >= 0.3 is 0 Å². The van der Waals surface area contributed by atoms with Crippen LogP contribution >= 0.6 is 0 Å². The molecule has 1 unspecified atom stereocenters. The largest absolute Gasteiger partial charge is 0.451 e. The summed E-state index contributed by atoms with van der Waals surface area (Å²) in [5.74, 6) is 0.274. The van der Waals surface area contributed by atoms with Crippen LogP contribution in [0.1, 0.15) is 55.6 Å². The smallest absolute Gasteiger partial charge is 0.287 e. The molecular weight excluding hydrogens is 318 g/mol.